The summed E-state index contributed by atoms with van der Waals surface area (Å²) in [6, 6.07) is 5.41. The summed E-state index contributed by atoms with van der Waals surface area (Å²) in [6.45, 7) is 5.80. The number of hydrogen-bond acceptors (Lipinski definition) is 4. The lowest BCUT2D eigenvalue weighted by Gasteiger charge is -2.17. The molecule has 1 rings (SSSR count). The topological polar surface area (TPSA) is 65.0 Å². The van der Waals surface area contributed by atoms with Gasteiger partial charge in [-0.3, -0.25) is 0 Å². The zero-order valence-electron chi connectivity index (χ0n) is 14.4. The summed E-state index contributed by atoms with van der Waals surface area (Å²) in [4.78, 5) is 27.1. The fraction of sp³-hybridized carbons (Fsp3) is 0.471. The number of esters is 1. The minimum atomic E-state index is -2.95. The molecule has 0 atom stereocenters. The van der Waals surface area contributed by atoms with Gasteiger partial charge in [-0.25, -0.2) is 18.4 Å². The molecule has 1 aromatic carbocycles. The van der Waals surface area contributed by atoms with Crippen LogP contribution in [0.2, 0.25) is 0 Å². The first-order chi connectivity index (χ1) is 10.9. The molecule has 24 heavy (non-hydrogen) atoms. The lowest BCUT2D eigenvalue weighted by Crippen LogP contribution is -2.25. The van der Waals surface area contributed by atoms with Gasteiger partial charge in [0.05, 0.1) is 7.11 Å². The molecular weight excluding hydrogens is 320 g/mol. The number of carbonyl (C=O) groups is 2. The van der Waals surface area contributed by atoms with Crippen LogP contribution >= 0.6 is 0 Å². The van der Waals surface area contributed by atoms with E-state index in [9.17, 15) is 18.4 Å². The Kier molecular flexibility index (Phi) is 6.17. The summed E-state index contributed by atoms with van der Waals surface area (Å²) in [5.74, 6) is -3.74. The number of rotatable bonds is 4. The molecule has 5 nitrogen and oxygen atoms in total. The Balaban J connectivity index is 2.99. The van der Waals surface area contributed by atoms with E-state index < -0.39 is 23.6 Å². The SMILES string of the molecule is COC(=O)C(Cc1ccc(C(C)(F)F)cc1)=NC(=O)OC(C)(C)C. The van der Waals surface area contributed by atoms with Gasteiger partial charge >= 0.3 is 12.1 Å². The molecule has 0 unspecified atom stereocenters. The van der Waals surface area contributed by atoms with Gasteiger partial charge in [0.1, 0.15) is 11.3 Å². The van der Waals surface area contributed by atoms with E-state index in [1.807, 2.05) is 0 Å². The van der Waals surface area contributed by atoms with Crippen molar-refractivity contribution < 1.29 is 27.8 Å². The Hall–Kier alpha value is -2.31. The van der Waals surface area contributed by atoms with Crippen LogP contribution in [-0.2, 0) is 26.6 Å². The van der Waals surface area contributed by atoms with Crippen LogP contribution in [0.5, 0.6) is 0 Å². The maximum absolute atomic E-state index is 13.2. The van der Waals surface area contributed by atoms with E-state index in [0.29, 0.717) is 5.56 Å². The largest absolute Gasteiger partial charge is 0.465 e. The normalized spacial score (nSPS) is 12.7. The van der Waals surface area contributed by atoms with Crippen LogP contribution in [0.3, 0.4) is 0 Å². The first-order valence-corrected chi connectivity index (χ1v) is 7.28. The molecule has 0 heterocycles. The van der Waals surface area contributed by atoms with E-state index in [1.54, 1.807) is 20.8 Å². The third kappa shape index (κ3) is 6.44. The maximum atomic E-state index is 13.2. The van der Waals surface area contributed by atoms with Gasteiger partial charge in [0.15, 0.2) is 0 Å². The minimum Gasteiger partial charge on any atom is -0.465 e. The lowest BCUT2D eigenvalue weighted by atomic mass is 10.0. The van der Waals surface area contributed by atoms with Gasteiger partial charge in [-0.1, -0.05) is 24.3 Å². The van der Waals surface area contributed by atoms with Crippen LogP contribution in [-0.4, -0.2) is 30.5 Å². The second kappa shape index (κ2) is 7.51. The van der Waals surface area contributed by atoms with Gasteiger partial charge in [-0.05, 0) is 26.3 Å². The molecule has 0 fully saturated rings. The van der Waals surface area contributed by atoms with Crippen LogP contribution in [0.4, 0.5) is 13.6 Å². The summed E-state index contributed by atoms with van der Waals surface area (Å²) < 4.78 is 36.0. The summed E-state index contributed by atoms with van der Waals surface area (Å²) in [5.41, 5.74) is -0.524. The Morgan fingerprint density at radius 3 is 2.04 bits per heavy atom. The predicted octanol–water partition coefficient (Wildman–Crippen LogP) is 3.89. The Morgan fingerprint density at radius 1 is 1.08 bits per heavy atom. The molecule has 7 heteroatoms. The van der Waals surface area contributed by atoms with Crippen molar-refractivity contribution in [1.82, 2.24) is 0 Å². The molecular formula is C17H21F2NO4. The molecule has 132 valence electrons. The van der Waals surface area contributed by atoms with Crippen molar-refractivity contribution >= 4 is 17.8 Å². The van der Waals surface area contributed by atoms with Crippen LogP contribution in [0.1, 0.15) is 38.8 Å². The molecule has 0 saturated heterocycles. The highest BCUT2D eigenvalue weighted by Crippen LogP contribution is 2.26. The summed E-state index contributed by atoms with van der Waals surface area (Å²) >= 11 is 0. The number of halogens is 2. The average Bonchev–Trinajstić information content (AvgIpc) is 2.43. The van der Waals surface area contributed by atoms with E-state index >= 15 is 0 Å². The molecule has 0 radical (unpaired) electrons. The van der Waals surface area contributed by atoms with E-state index in [1.165, 1.54) is 24.3 Å². The monoisotopic (exact) mass is 341 g/mol. The first kappa shape index (κ1) is 19.7. The zero-order valence-corrected chi connectivity index (χ0v) is 14.4. The fourth-order valence-electron chi connectivity index (χ4n) is 1.78. The predicted molar refractivity (Wildman–Crippen MR) is 85.4 cm³/mol. The smallest absolute Gasteiger partial charge is 0.434 e. The summed E-state index contributed by atoms with van der Waals surface area (Å²) in [5, 5.41) is 0. The number of amides is 1. The third-order valence-corrected chi connectivity index (χ3v) is 2.87. The highest BCUT2D eigenvalue weighted by molar-refractivity contribution is 6.38. The van der Waals surface area contributed by atoms with E-state index in [0.717, 1.165) is 14.0 Å². The Morgan fingerprint density at radius 2 is 1.62 bits per heavy atom. The number of ether oxygens (including phenoxy) is 2. The van der Waals surface area contributed by atoms with Crippen molar-refractivity contribution in [2.24, 2.45) is 4.99 Å². The van der Waals surface area contributed by atoms with Crippen molar-refractivity contribution in [3.8, 4) is 0 Å². The van der Waals surface area contributed by atoms with Crippen molar-refractivity contribution in [2.75, 3.05) is 7.11 Å². The van der Waals surface area contributed by atoms with Gasteiger partial charge in [0, 0.05) is 18.9 Å². The molecule has 0 aliphatic carbocycles. The summed E-state index contributed by atoms with van der Waals surface area (Å²) in [7, 11) is 1.16. The molecule has 0 saturated carbocycles. The van der Waals surface area contributed by atoms with Crippen molar-refractivity contribution in [3.05, 3.63) is 35.4 Å². The second-order valence-corrected chi connectivity index (χ2v) is 6.29. The number of carbonyl (C=O) groups excluding carboxylic acids is 2. The van der Waals surface area contributed by atoms with Crippen molar-refractivity contribution in [1.29, 1.82) is 0 Å². The standard InChI is InChI=1S/C17H21F2NO4/c1-16(2,3)24-15(22)20-13(14(21)23-5)10-11-6-8-12(9-7-11)17(4,18)19/h6-9H,10H2,1-5H3. The number of aliphatic imine (C=N–C) groups is 1. The molecule has 0 N–H and O–H groups in total. The van der Waals surface area contributed by atoms with E-state index in [-0.39, 0.29) is 17.7 Å². The van der Waals surface area contributed by atoms with Gasteiger partial charge in [-0.2, -0.15) is 4.99 Å². The van der Waals surface area contributed by atoms with E-state index in [2.05, 4.69) is 9.73 Å². The number of hydrogen-bond donors (Lipinski definition) is 0. The van der Waals surface area contributed by atoms with Crippen LogP contribution < -0.4 is 0 Å². The third-order valence-electron chi connectivity index (χ3n) is 2.87. The molecule has 0 spiro atoms. The van der Waals surface area contributed by atoms with E-state index in [4.69, 9.17) is 4.74 Å². The van der Waals surface area contributed by atoms with Crippen LogP contribution in [0.15, 0.2) is 29.3 Å². The Bertz CT molecular complexity index is 625. The van der Waals surface area contributed by atoms with Crippen LogP contribution in [0.25, 0.3) is 0 Å². The first-order valence-electron chi connectivity index (χ1n) is 7.28. The van der Waals surface area contributed by atoms with Crippen LogP contribution in [0, 0.1) is 0 Å². The number of benzene rings is 1. The van der Waals surface area contributed by atoms with Gasteiger partial charge in [0.25, 0.3) is 5.92 Å². The van der Waals surface area contributed by atoms with Gasteiger partial charge < -0.3 is 9.47 Å². The lowest BCUT2D eigenvalue weighted by molar-refractivity contribution is -0.132. The maximum Gasteiger partial charge on any atom is 0.434 e. The van der Waals surface area contributed by atoms with Gasteiger partial charge in [0.2, 0.25) is 0 Å². The van der Waals surface area contributed by atoms with Gasteiger partial charge in [-0.15, -0.1) is 0 Å². The molecule has 0 aliphatic rings. The Labute approximate surface area is 139 Å². The highest BCUT2D eigenvalue weighted by Gasteiger charge is 2.24. The average molecular weight is 341 g/mol. The zero-order chi connectivity index (χ0) is 18.5. The molecule has 1 amide bonds. The molecule has 0 aliphatic heterocycles. The highest BCUT2D eigenvalue weighted by atomic mass is 19.3. The number of methoxy groups -OCH3 is 1. The summed E-state index contributed by atoms with van der Waals surface area (Å²) in [6.07, 6.45) is -0.957. The number of alkyl halides is 2. The number of nitrogens with zero attached hydrogens (tertiary/aromatic N) is 1. The molecule has 0 bridgehead atoms. The molecule has 0 aromatic heterocycles. The second-order valence-electron chi connectivity index (χ2n) is 6.29. The quantitative estimate of drug-likeness (QED) is 0.615. The molecule has 1 aromatic rings. The van der Waals surface area contributed by atoms with Crippen molar-refractivity contribution in [3.63, 3.8) is 0 Å². The fourth-order valence-corrected chi connectivity index (χ4v) is 1.78. The minimum absolute atomic E-state index is 0.0402. The van der Waals surface area contributed by atoms with Crippen molar-refractivity contribution in [2.45, 2.75) is 45.6 Å².